The van der Waals surface area contributed by atoms with Crippen LogP contribution in [0.5, 0.6) is 0 Å². The molecule has 0 spiro atoms. The number of hydrogen-bond acceptors (Lipinski definition) is 3. The molecular formula is C16H23N3O2. The molecule has 21 heavy (non-hydrogen) atoms. The Labute approximate surface area is 125 Å². The van der Waals surface area contributed by atoms with Crippen molar-refractivity contribution in [3.8, 4) is 0 Å². The van der Waals surface area contributed by atoms with Crippen LogP contribution < -0.4 is 0 Å². The summed E-state index contributed by atoms with van der Waals surface area (Å²) in [7, 11) is 0. The quantitative estimate of drug-likeness (QED) is 0.821. The number of aromatic nitrogens is 2. The van der Waals surface area contributed by atoms with Gasteiger partial charge in [0, 0.05) is 31.4 Å². The van der Waals surface area contributed by atoms with E-state index >= 15 is 0 Å². The number of carbonyl (C=O) groups is 1. The van der Waals surface area contributed by atoms with Crippen molar-refractivity contribution in [1.82, 2.24) is 14.5 Å². The minimum Gasteiger partial charge on any atom is -0.464 e. The number of carbonyl (C=O) groups excluding carboxylic acids is 1. The van der Waals surface area contributed by atoms with Crippen molar-refractivity contribution in [3.05, 3.63) is 41.9 Å². The van der Waals surface area contributed by atoms with Crippen LogP contribution in [0.4, 0.5) is 0 Å². The van der Waals surface area contributed by atoms with Crippen LogP contribution in [0, 0.1) is 13.8 Å². The number of nitrogens with zero attached hydrogens (tertiary/aromatic N) is 3. The topological polar surface area (TPSA) is 51.3 Å². The van der Waals surface area contributed by atoms with Gasteiger partial charge >= 0.3 is 0 Å². The van der Waals surface area contributed by atoms with Crippen molar-refractivity contribution in [2.45, 2.75) is 46.7 Å². The van der Waals surface area contributed by atoms with E-state index in [1.807, 2.05) is 55.5 Å². The summed E-state index contributed by atoms with van der Waals surface area (Å²) in [4.78, 5) is 18.5. The standard InChI is InChI=1S/C16H23N3O2/c1-5-18(11-15-7-6-13(3)21-15)16(20)10-12(2)19-9-8-17-14(19)4/h6-9,12H,5,10-11H2,1-4H3/t12-/m0/s1. The third kappa shape index (κ3) is 3.74. The number of furan rings is 1. The average Bonchev–Trinajstić information content (AvgIpc) is 3.04. The monoisotopic (exact) mass is 289 g/mol. The molecule has 1 atom stereocenters. The zero-order chi connectivity index (χ0) is 15.4. The molecule has 0 radical (unpaired) electrons. The highest BCUT2D eigenvalue weighted by atomic mass is 16.3. The molecule has 2 aromatic heterocycles. The summed E-state index contributed by atoms with van der Waals surface area (Å²) in [6.45, 7) is 9.08. The minimum absolute atomic E-state index is 0.104. The molecular weight excluding hydrogens is 266 g/mol. The lowest BCUT2D eigenvalue weighted by Crippen LogP contribution is -2.31. The second kappa shape index (κ2) is 6.61. The Bertz CT molecular complexity index is 600. The summed E-state index contributed by atoms with van der Waals surface area (Å²) in [5, 5.41) is 0. The fourth-order valence-electron chi connectivity index (χ4n) is 2.47. The Hall–Kier alpha value is -2.04. The van der Waals surface area contributed by atoms with Gasteiger partial charge in [-0.2, -0.15) is 0 Å². The molecule has 2 aromatic rings. The van der Waals surface area contributed by atoms with Crippen LogP contribution in [0.1, 0.15) is 43.7 Å². The molecule has 0 aromatic carbocycles. The van der Waals surface area contributed by atoms with Crippen LogP contribution in [-0.2, 0) is 11.3 Å². The van der Waals surface area contributed by atoms with Gasteiger partial charge in [-0.1, -0.05) is 0 Å². The molecule has 5 nitrogen and oxygen atoms in total. The van der Waals surface area contributed by atoms with Crippen molar-refractivity contribution in [2.24, 2.45) is 0 Å². The number of hydrogen-bond donors (Lipinski definition) is 0. The van der Waals surface area contributed by atoms with Crippen LogP contribution in [0.2, 0.25) is 0 Å². The van der Waals surface area contributed by atoms with E-state index in [0.717, 1.165) is 17.3 Å². The lowest BCUT2D eigenvalue weighted by atomic mass is 10.2. The smallest absolute Gasteiger partial charge is 0.225 e. The molecule has 0 N–H and O–H groups in total. The highest BCUT2D eigenvalue weighted by molar-refractivity contribution is 5.76. The molecule has 0 aliphatic rings. The molecule has 114 valence electrons. The molecule has 0 saturated carbocycles. The molecule has 2 rings (SSSR count). The van der Waals surface area contributed by atoms with E-state index in [1.54, 1.807) is 6.20 Å². The van der Waals surface area contributed by atoms with Crippen molar-refractivity contribution in [2.75, 3.05) is 6.54 Å². The van der Waals surface area contributed by atoms with E-state index in [4.69, 9.17) is 4.42 Å². The molecule has 0 bridgehead atoms. The van der Waals surface area contributed by atoms with Crippen LogP contribution in [0.25, 0.3) is 0 Å². The van der Waals surface area contributed by atoms with Gasteiger partial charge in [-0.15, -0.1) is 0 Å². The summed E-state index contributed by atoms with van der Waals surface area (Å²) >= 11 is 0. The molecule has 0 aliphatic carbocycles. The highest BCUT2D eigenvalue weighted by Gasteiger charge is 2.18. The Morgan fingerprint density at radius 2 is 2.19 bits per heavy atom. The van der Waals surface area contributed by atoms with Gasteiger partial charge < -0.3 is 13.9 Å². The maximum Gasteiger partial charge on any atom is 0.225 e. The average molecular weight is 289 g/mol. The first-order valence-electron chi connectivity index (χ1n) is 7.33. The molecule has 0 saturated heterocycles. The first kappa shape index (κ1) is 15.4. The normalized spacial score (nSPS) is 12.4. The van der Waals surface area contributed by atoms with Crippen molar-refractivity contribution < 1.29 is 9.21 Å². The van der Waals surface area contributed by atoms with Crippen LogP contribution in [0.15, 0.2) is 28.9 Å². The largest absolute Gasteiger partial charge is 0.464 e. The number of rotatable bonds is 6. The second-order valence-electron chi connectivity index (χ2n) is 5.36. The zero-order valence-electron chi connectivity index (χ0n) is 13.2. The van der Waals surface area contributed by atoms with Crippen LogP contribution >= 0.6 is 0 Å². The summed E-state index contributed by atoms with van der Waals surface area (Å²) in [6.07, 6.45) is 4.14. The third-order valence-electron chi connectivity index (χ3n) is 3.68. The summed E-state index contributed by atoms with van der Waals surface area (Å²) in [5.41, 5.74) is 0. The molecule has 2 heterocycles. The van der Waals surface area contributed by atoms with Crippen molar-refractivity contribution >= 4 is 5.91 Å². The molecule has 0 aliphatic heterocycles. The highest BCUT2D eigenvalue weighted by Crippen LogP contribution is 2.16. The third-order valence-corrected chi connectivity index (χ3v) is 3.68. The van der Waals surface area contributed by atoms with Gasteiger partial charge in [0.15, 0.2) is 0 Å². The maximum absolute atomic E-state index is 12.5. The molecule has 0 unspecified atom stereocenters. The maximum atomic E-state index is 12.5. The number of imidazole rings is 1. The summed E-state index contributed by atoms with van der Waals surface area (Å²) in [6, 6.07) is 3.95. The van der Waals surface area contributed by atoms with E-state index in [9.17, 15) is 4.79 Å². The molecule has 0 fully saturated rings. The number of amides is 1. The van der Waals surface area contributed by atoms with Crippen LogP contribution in [-0.4, -0.2) is 26.9 Å². The lowest BCUT2D eigenvalue weighted by molar-refractivity contribution is -0.132. The van der Waals surface area contributed by atoms with E-state index in [0.29, 0.717) is 19.5 Å². The van der Waals surface area contributed by atoms with Gasteiger partial charge in [0.1, 0.15) is 17.3 Å². The zero-order valence-corrected chi connectivity index (χ0v) is 13.2. The fourth-order valence-corrected chi connectivity index (χ4v) is 2.47. The van der Waals surface area contributed by atoms with Gasteiger partial charge in [0.05, 0.1) is 6.54 Å². The second-order valence-corrected chi connectivity index (χ2v) is 5.36. The van der Waals surface area contributed by atoms with Crippen LogP contribution in [0.3, 0.4) is 0 Å². The van der Waals surface area contributed by atoms with Crippen molar-refractivity contribution in [3.63, 3.8) is 0 Å². The van der Waals surface area contributed by atoms with Crippen molar-refractivity contribution in [1.29, 1.82) is 0 Å². The van der Waals surface area contributed by atoms with E-state index in [2.05, 4.69) is 4.98 Å². The van der Waals surface area contributed by atoms with Gasteiger partial charge in [-0.25, -0.2) is 4.98 Å². The SMILES string of the molecule is CCN(Cc1ccc(C)o1)C(=O)C[C@H](C)n1ccnc1C. The Balaban J connectivity index is 1.98. The summed E-state index contributed by atoms with van der Waals surface area (Å²) in [5.74, 6) is 2.76. The predicted molar refractivity (Wildman–Crippen MR) is 80.8 cm³/mol. The molecule has 1 amide bonds. The van der Waals surface area contributed by atoms with E-state index < -0.39 is 0 Å². The first-order chi connectivity index (χ1) is 10.0. The number of aryl methyl sites for hydroxylation is 2. The Morgan fingerprint density at radius 3 is 2.71 bits per heavy atom. The van der Waals surface area contributed by atoms with Gasteiger partial charge in [0.25, 0.3) is 0 Å². The van der Waals surface area contributed by atoms with E-state index in [-0.39, 0.29) is 11.9 Å². The lowest BCUT2D eigenvalue weighted by Gasteiger charge is -2.22. The Kier molecular flexibility index (Phi) is 4.83. The Morgan fingerprint density at radius 1 is 1.43 bits per heavy atom. The fraction of sp³-hybridized carbons (Fsp3) is 0.500. The summed E-state index contributed by atoms with van der Waals surface area (Å²) < 4.78 is 7.58. The first-order valence-corrected chi connectivity index (χ1v) is 7.33. The van der Waals surface area contributed by atoms with E-state index in [1.165, 1.54) is 0 Å². The van der Waals surface area contributed by atoms with Gasteiger partial charge in [0.2, 0.25) is 5.91 Å². The van der Waals surface area contributed by atoms with Gasteiger partial charge in [-0.3, -0.25) is 4.79 Å². The molecule has 5 heteroatoms. The predicted octanol–water partition coefficient (Wildman–Crippen LogP) is 3.09. The minimum atomic E-state index is 0.104. The van der Waals surface area contributed by atoms with Gasteiger partial charge in [-0.05, 0) is 39.8 Å².